The molecule has 2 aromatic carbocycles. The molecule has 0 aromatic heterocycles. The number of carboxylic acids is 1. The van der Waals surface area contributed by atoms with Crippen molar-refractivity contribution < 1.29 is 19.4 Å². The summed E-state index contributed by atoms with van der Waals surface area (Å²) in [6.07, 6.45) is 0.560. The highest BCUT2D eigenvalue weighted by atomic mass is 16.5. The highest BCUT2D eigenvalue weighted by Gasteiger charge is 2.49. The number of hydrogen-bond acceptors (Lipinski definition) is 4. The standard InChI is InChI=1S/C19H18N2O4/c1-11-6-7-16-14(8-11)15-10-19(2,25-16)21(18(24)20-15)13-5-3-4-12(9-13)17(22)23/h3-9,15H,10H2,1-2H3,(H,20,24)(H,22,23)/p-1/t15-,19-/m0/s1. The van der Waals surface area contributed by atoms with Crippen LogP contribution in [-0.2, 0) is 0 Å². The molecule has 0 aliphatic carbocycles. The topological polar surface area (TPSA) is 81.7 Å². The first-order valence-corrected chi connectivity index (χ1v) is 8.09. The monoisotopic (exact) mass is 337 g/mol. The Morgan fingerprint density at radius 3 is 2.88 bits per heavy atom. The van der Waals surface area contributed by atoms with E-state index in [1.165, 1.54) is 17.0 Å². The van der Waals surface area contributed by atoms with Crippen LogP contribution in [0.5, 0.6) is 5.75 Å². The van der Waals surface area contributed by atoms with Crippen LogP contribution in [0.1, 0.15) is 40.9 Å². The van der Waals surface area contributed by atoms with Gasteiger partial charge in [-0.2, -0.15) is 0 Å². The minimum Gasteiger partial charge on any atom is -0.545 e. The number of benzene rings is 2. The molecule has 0 radical (unpaired) electrons. The largest absolute Gasteiger partial charge is 0.545 e. The maximum Gasteiger partial charge on any atom is 0.325 e. The van der Waals surface area contributed by atoms with E-state index in [9.17, 15) is 14.7 Å². The van der Waals surface area contributed by atoms with Gasteiger partial charge >= 0.3 is 6.03 Å². The number of carbonyl (C=O) groups excluding carboxylic acids is 2. The molecule has 2 aliphatic heterocycles. The fourth-order valence-corrected chi connectivity index (χ4v) is 3.66. The van der Waals surface area contributed by atoms with Crippen LogP contribution in [0.4, 0.5) is 10.5 Å². The van der Waals surface area contributed by atoms with Gasteiger partial charge in [0.05, 0.1) is 17.7 Å². The molecule has 2 bridgehead atoms. The summed E-state index contributed by atoms with van der Waals surface area (Å²) in [6.45, 7) is 3.84. The first kappa shape index (κ1) is 15.5. The Hall–Kier alpha value is -3.02. The van der Waals surface area contributed by atoms with Crippen LogP contribution in [0.2, 0.25) is 0 Å². The lowest BCUT2D eigenvalue weighted by molar-refractivity contribution is -0.255. The minimum atomic E-state index is -1.28. The van der Waals surface area contributed by atoms with Crippen LogP contribution in [-0.4, -0.2) is 17.7 Å². The van der Waals surface area contributed by atoms with Crippen LogP contribution >= 0.6 is 0 Å². The van der Waals surface area contributed by atoms with Gasteiger partial charge in [0.2, 0.25) is 0 Å². The molecule has 2 atom stereocenters. The number of amides is 2. The molecular formula is C19H17N2O4-. The maximum absolute atomic E-state index is 12.8. The van der Waals surface area contributed by atoms with Gasteiger partial charge in [-0.3, -0.25) is 4.90 Å². The van der Waals surface area contributed by atoms with Crippen molar-refractivity contribution >= 4 is 17.7 Å². The lowest BCUT2D eigenvalue weighted by atomic mass is 9.89. The number of anilines is 1. The number of hydrogen-bond donors (Lipinski definition) is 1. The predicted molar refractivity (Wildman–Crippen MR) is 89.4 cm³/mol. The first-order chi connectivity index (χ1) is 11.9. The van der Waals surface area contributed by atoms with Crippen molar-refractivity contribution in [3.63, 3.8) is 0 Å². The van der Waals surface area contributed by atoms with E-state index < -0.39 is 11.7 Å². The molecule has 0 saturated carbocycles. The normalized spacial score (nSPS) is 24.2. The van der Waals surface area contributed by atoms with Crippen LogP contribution < -0.4 is 20.1 Å². The van der Waals surface area contributed by atoms with Crippen molar-refractivity contribution in [2.45, 2.75) is 32.0 Å². The molecule has 6 heteroatoms. The fourth-order valence-electron chi connectivity index (χ4n) is 3.66. The molecule has 1 saturated heterocycles. The molecule has 2 aliphatic rings. The summed E-state index contributed by atoms with van der Waals surface area (Å²) < 4.78 is 6.19. The molecule has 128 valence electrons. The smallest absolute Gasteiger partial charge is 0.325 e. The van der Waals surface area contributed by atoms with Crippen molar-refractivity contribution in [2.24, 2.45) is 0 Å². The quantitative estimate of drug-likeness (QED) is 0.910. The number of fused-ring (bicyclic) bond motifs is 4. The molecule has 25 heavy (non-hydrogen) atoms. The first-order valence-electron chi connectivity index (χ1n) is 8.09. The highest BCUT2D eigenvalue weighted by Crippen LogP contribution is 2.45. The van der Waals surface area contributed by atoms with Gasteiger partial charge in [-0.25, -0.2) is 4.79 Å². The number of rotatable bonds is 2. The molecule has 1 fully saturated rings. The molecule has 0 spiro atoms. The van der Waals surface area contributed by atoms with Crippen LogP contribution in [0.25, 0.3) is 0 Å². The molecular weight excluding hydrogens is 320 g/mol. The molecule has 2 heterocycles. The lowest BCUT2D eigenvalue weighted by Gasteiger charge is -2.50. The molecule has 2 amide bonds. The number of carbonyl (C=O) groups is 2. The maximum atomic E-state index is 12.8. The van der Waals surface area contributed by atoms with Gasteiger partial charge in [0.25, 0.3) is 0 Å². The van der Waals surface area contributed by atoms with Crippen molar-refractivity contribution in [1.82, 2.24) is 5.32 Å². The summed E-state index contributed by atoms with van der Waals surface area (Å²) in [5.41, 5.74) is 1.64. The number of nitrogens with one attached hydrogen (secondary N) is 1. The summed E-state index contributed by atoms with van der Waals surface area (Å²) in [5.74, 6) is -0.557. The Labute approximate surface area is 145 Å². The van der Waals surface area contributed by atoms with E-state index in [0.717, 1.165) is 16.9 Å². The SMILES string of the molecule is Cc1ccc2c(c1)[C@@H]1C[C@](C)(O2)N(c2cccc(C(=O)[O-])c2)C(=O)N1. The van der Waals surface area contributed by atoms with Crippen molar-refractivity contribution in [3.05, 3.63) is 59.2 Å². The highest BCUT2D eigenvalue weighted by molar-refractivity contribution is 5.96. The number of ether oxygens (including phenoxy) is 1. The predicted octanol–water partition coefficient (Wildman–Crippen LogP) is 2.13. The van der Waals surface area contributed by atoms with Crippen LogP contribution in [0, 0.1) is 6.92 Å². The molecule has 2 aromatic rings. The Balaban J connectivity index is 1.79. The Morgan fingerprint density at radius 2 is 2.12 bits per heavy atom. The fraction of sp³-hybridized carbons (Fsp3) is 0.263. The van der Waals surface area contributed by atoms with Crippen LogP contribution in [0.15, 0.2) is 42.5 Å². The zero-order chi connectivity index (χ0) is 17.8. The van der Waals surface area contributed by atoms with E-state index in [4.69, 9.17) is 4.74 Å². The molecule has 6 nitrogen and oxygen atoms in total. The summed E-state index contributed by atoms with van der Waals surface area (Å²) in [5, 5.41) is 14.1. The van der Waals surface area contributed by atoms with Gasteiger partial charge < -0.3 is 20.0 Å². The second-order valence-corrected chi connectivity index (χ2v) is 6.70. The van der Waals surface area contributed by atoms with Crippen molar-refractivity contribution in [2.75, 3.05) is 4.90 Å². The van der Waals surface area contributed by atoms with E-state index in [-0.39, 0.29) is 17.6 Å². The summed E-state index contributed by atoms with van der Waals surface area (Å²) in [4.78, 5) is 25.4. The molecule has 0 unspecified atom stereocenters. The number of urea groups is 1. The number of aromatic carboxylic acids is 1. The van der Waals surface area contributed by atoms with Gasteiger partial charge in [0, 0.05) is 12.0 Å². The average Bonchev–Trinajstić information content (AvgIpc) is 2.55. The van der Waals surface area contributed by atoms with Crippen molar-refractivity contribution in [3.8, 4) is 5.75 Å². The zero-order valence-corrected chi connectivity index (χ0v) is 13.9. The third-order valence-corrected chi connectivity index (χ3v) is 4.77. The van der Waals surface area contributed by atoms with Gasteiger partial charge in [-0.15, -0.1) is 0 Å². The van der Waals surface area contributed by atoms with E-state index in [2.05, 4.69) is 5.32 Å². The second-order valence-electron chi connectivity index (χ2n) is 6.70. The van der Waals surface area contributed by atoms with E-state index in [0.29, 0.717) is 12.1 Å². The van der Waals surface area contributed by atoms with Gasteiger partial charge in [-0.1, -0.05) is 29.8 Å². The molecule has 4 rings (SSSR count). The van der Waals surface area contributed by atoms with Crippen molar-refractivity contribution in [1.29, 1.82) is 0 Å². The number of aryl methyl sites for hydroxylation is 1. The van der Waals surface area contributed by atoms with Gasteiger partial charge in [0.1, 0.15) is 5.75 Å². The second kappa shape index (κ2) is 5.24. The third kappa shape index (κ3) is 2.41. The summed E-state index contributed by atoms with van der Waals surface area (Å²) in [7, 11) is 0. The molecule has 1 N–H and O–H groups in total. The van der Waals surface area contributed by atoms with E-state index >= 15 is 0 Å². The zero-order valence-electron chi connectivity index (χ0n) is 13.9. The summed E-state index contributed by atoms with van der Waals surface area (Å²) >= 11 is 0. The Kier molecular flexibility index (Phi) is 3.25. The van der Waals surface area contributed by atoms with E-state index in [1.807, 2.05) is 32.0 Å². The van der Waals surface area contributed by atoms with Crippen LogP contribution in [0.3, 0.4) is 0 Å². The summed E-state index contributed by atoms with van der Waals surface area (Å²) in [6, 6.07) is 11.6. The van der Waals surface area contributed by atoms with Gasteiger partial charge in [0.15, 0.2) is 5.72 Å². The third-order valence-electron chi connectivity index (χ3n) is 4.77. The minimum absolute atomic E-state index is 0.0165. The van der Waals surface area contributed by atoms with Gasteiger partial charge in [-0.05, 0) is 37.6 Å². The lowest BCUT2D eigenvalue weighted by Crippen LogP contribution is -2.65. The Bertz CT molecular complexity index is 895. The average molecular weight is 337 g/mol. The Morgan fingerprint density at radius 1 is 1.32 bits per heavy atom. The number of nitrogens with zero attached hydrogens (tertiary/aromatic N) is 1. The number of carboxylic acid groups (broad SMARTS) is 1. The van der Waals surface area contributed by atoms with E-state index in [1.54, 1.807) is 12.1 Å².